The predicted molar refractivity (Wildman–Crippen MR) is 80.4 cm³/mol. The Kier molecular flexibility index (Phi) is 3.28. The molecule has 2 aromatic carbocycles. The maximum Gasteiger partial charge on any atom is 0.325 e. The lowest BCUT2D eigenvalue weighted by Gasteiger charge is -2.29. The van der Waals surface area contributed by atoms with E-state index in [4.69, 9.17) is 11.6 Å². The van der Waals surface area contributed by atoms with E-state index in [-0.39, 0.29) is 5.78 Å². The van der Waals surface area contributed by atoms with Gasteiger partial charge in [-0.15, -0.1) is 0 Å². The average Bonchev–Trinajstić information content (AvgIpc) is 2.43. The molecule has 1 aliphatic rings. The fourth-order valence-electron chi connectivity index (χ4n) is 2.16. The molecule has 0 N–H and O–H groups in total. The van der Waals surface area contributed by atoms with Crippen LogP contribution in [0.3, 0.4) is 0 Å². The first kappa shape index (κ1) is 13.2. The van der Waals surface area contributed by atoms with Crippen LogP contribution in [0.15, 0.2) is 52.3 Å². The van der Waals surface area contributed by atoms with E-state index >= 15 is 0 Å². The number of halogens is 1. The first-order valence-electron chi connectivity index (χ1n) is 5.99. The van der Waals surface area contributed by atoms with Crippen LogP contribution in [0.1, 0.15) is 17.3 Å². The minimum absolute atomic E-state index is 0.0429. The van der Waals surface area contributed by atoms with Gasteiger partial charge in [0.1, 0.15) is 0 Å². The third-order valence-electron chi connectivity index (χ3n) is 3.11. The van der Waals surface area contributed by atoms with E-state index in [1.165, 1.54) is 11.8 Å². The van der Waals surface area contributed by atoms with E-state index in [2.05, 4.69) is 0 Å². The SMILES string of the molecule is CC(=O)c1ccc2c(c1)N(C(=O)Cl)c1ccccc1S2. The minimum atomic E-state index is -0.584. The number of carbonyl (C=O) groups is 2. The van der Waals surface area contributed by atoms with Crippen molar-refractivity contribution in [3.63, 3.8) is 0 Å². The number of fused-ring (bicyclic) bond motifs is 2. The molecule has 0 aliphatic carbocycles. The van der Waals surface area contributed by atoms with Crippen molar-refractivity contribution in [1.82, 2.24) is 0 Å². The van der Waals surface area contributed by atoms with Crippen LogP contribution in [0, 0.1) is 0 Å². The molecule has 0 unspecified atom stereocenters. The van der Waals surface area contributed by atoms with E-state index in [0.717, 1.165) is 15.5 Å². The van der Waals surface area contributed by atoms with Gasteiger partial charge in [0.05, 0.1) is 11.4 Å². The van der Waals surface area contributed by atoms with E-state index in [9.17, 15) is 9.59 Å². The van der Waals surface area contributed by atoms with Gasteiger partial charge >= 0.3 is 5.37 Å². The summed E-state index contributed by atoms with van der Waals surface area (Å²) in [6.45, 7) is 1.50. The molecule has 20 heavy (non-hydrogen) atoms. The number of Topliss-reactive ketones (excluding diaryl/α,β-unsaturated/α-hetero) is 1. The summed E-state index contributed by atoms with van der Waals surface area (Å²) < 4.78 is 0. The second-order valence-electron chi connectivity index (χ2n) is 4.40. The molecule has 0 saturated carbocycles. The number of carbonyl (C=O) groups excluding carboxylic acids is 2. The van der Waals surface area contributed by atoms with Crippen LogP contribution in [-0.2, 0) is 0 Å². The molecule has 0 fully saturated rings. The highest BCUT2D eigenvalue weighted by atomic mass is 35.5. The summed E-state index contributed by atoms with van der Waals surface area (Å²) in [5.74, 6) is -0.0429. The lowest BCUT2D eigenvalue weighted by molar-refractivity contribution is 0.101. The summed E-state index contributed by atoms with van der Waals surface area (Å²) >= 11 is 7.30. The maximum absolute atomic E-state index is 11.8. The highest BCUT2D eigenvalue weighted by molar-refractivity contribution is 7.99. The molecule has 1 aliphatic heterocycles. The molecular formula is C15H10ClNO2S. The van der Waals surface area contributed by atoms with Crippen LogP contribution >= 0.6 is 23.4 Å². The van der Waals surface area contributed by atoms with Crippen LogP contribution in [0.4, 0.5) is 16.2 Å². The van der Waals surface area contributed by atoms with Crippen molar-refractivity contribution in [2.75, 3.05) is 4.90 Å². The zero-order valence-electron chi connectivity index (χ0n) is 10.6. The van der Waals surface area contributed by atoms with Crippen molar-refractivity contribution in [2.24, 2.45) is 0 Å². The van der Waals surface area contributed by atoms with Crippen LogP contribution in [0.5, 0.6) is 0 Å². The summed E-state index contributed by atoms with van der Waals surface area (Å²) in [6, 6.07) is 12.9. The molecule has 0 bridgehead atoms. The van der Waals surface area contributed by atoms with E-state index in [1.807, 2.05) is 30.3 Å². The Morgan fingerprint density at radius 1 is 1.05 bits per heavy atom. The summed E-state index contributed by atoms with van der Waals surface area (Å²) in [4.78, 5) is 26.6. The Hall–Kier alpha value is -1.78. The van der Waals surface area contributed by atoms with Crippen molar-refractivity contribution in [3.8, 4) is 0 Å². The van der Waals surface area contributed by atoms with E-state index in [0.29, 0.717) is 11.3 Å². The lowest BCUT2D eigenvalue weighted by Crippen LogP contribution is -2.23. The summed E-state index contributed by atoms with van der Waals surface area (Å²) in [5, 5.41) is -0.584. The Morgan fingerprint density at radius 2 is 1.75 bits per heavy atom. The smallest absolute Gasteiger partial charge is 0.295 e. The Bertz CT molecular complexity index is 730. The lowest BCUT2D eigenvalue weighted by atomic mass is 10.1. The Morgan fingerprint density at radius 3 is 2.45 bits per heavy atom. The van der Waals surface area contributed by atoms with Crippen LogP contribution in [0.2, 0.25) is 0 Å². The third kappa shape index (κ3) is 2.11. The standard InChI is InChI=1S/C15H10ClNO2S/c1-9(18)10-6-7-14-12(8-10)17(15(16)19)11-4-2-3-5-13(11)20-14/h2-8H,1H3. The first-order valence-corrected chi connectivity index (χ1v) is 7.19. The van der Waals surface area contributed by atoms with Crippen LogP contribution in [0.25, 0.3) is 0 Å². The molecule has 0 saturated heterocycles. The van der Waals surface area contributed by atoms with Crippen molar-refractivity contribution in [1.29, 1.82) is 0 Å². The van der Waals surface area contributed by atoms with Gasteiger partial charge in [-0.1, -0.05) is 30.0 Å². The van der Waals surface area contributed by atoms with E-state index < -0.39 is 5.37 Å². The summed E-state index contributed by atoms with van der Waals surface area (Å²) in [6.07, 6.45) is 0. The zero-order valence-corrected chi connectivity index (χ0v) is 12.2. The number of benzene rings is 2. The first-order chi connectivity index (χ1) is 9.58. The number of anilines is 2. The molecule has 100 valence electrons. The number of hydrogen-bond acceptors (Lipinski definition) is 3. The molecule has 0 atom stereocenters. The molecule has 1 heterocycles. The summed E-state index contributed by atoms with van der Waals surface area (Å²) in [7, 11) is 0. The normalized spacial score (nSPS) is 12.6. The van der Waals surface area contributed by atoms with Gasteiger partial charge in [-0.05, 0) is 42.8 Å². The van der Waals surface area contributed by atoms with Gasteiger partial charge in [0.15, 0.2) is 5.78 Å². The molecule has 2 aromatic rings. The highest BCUT2D eigenvalue weighted by Gasteiger charge is 2.27. The fraction of sp³-hybridized carbons (Fsp3) is 0.0667. The van der Waals surface area contributed by atoms with Gasteiger partial charge in [0.25, 0.3) is 0 Å². The molecule has 1 amide bonds. The van der Waals surface area contributed by atoms with Crippen molar-refractivity contribution in [3.05, 3.63) is 48.0 Å². The molecule has 0 spiro atoms. The average molecular weight is 304 g/mol. The fourth-order valence-corrected chi connectivity index (χ4v) is 3.38. The van der Waals surface area contributed by atoms with Crippen LogP contribution < -0.4 is 4.90 Å². The monoisotopic (exact) mass is 303 g/mol. The molecule has 5 heteroatoms. The second kappa shape index (κ2) is 4.96. The Labute approximate surface area is 125 Å². The van der Waals surface area contributed by atoms with Gasteiger partial charge < -0.3 is 0 Å². The number of rotatable bonds is 1. The van der Waals surface area contributed by atoms with Crippen LogP contribution in [-0.4, -0.2) is 11.1 Å². The molecule has 0 aromatic heterocycles. The predicted octanol–water partition coefficient (Wildman–Crippen LogP) is 4.85. The van der Waals surface area contributed by atoms with Gasteiger partial charge in [-0.2, -0.15) is 0 Å². The summed E-state index contributed by atoms with van der Waals surface area (Å²) in [5.41, 5.74) is 1.96. The number of para-hydroxylation sites is 1. The molecule has 3 nitrogen and oxygen atoms in total. The third-order valence-corrected chi connectivity index (χ3v) is 4.41. The van der Waals surface area contributed by atoms with Gasteiger partial charge in [0.2, 0.25) is 0 Å². The molecular weight excluding hydrogens is 294 g/mol. The number of hydrogen-bond donors (Lipinski definition) is 0. The number of ketones is 1. The molecule has 0 radical (unpaired) electrons. The topological polar surface area (TPSA) is 37.4 Å². The quantitative estimate of drug-likeness (QED) is 0.429. The van der Waals surface area contributed by atoms with E-state index in [1.54, 1.807) is 23.9 Å². The highest BCUT2D eigenvalue weighted by Crippen LogP contribution is 2.48. The minimum Gasteiger partial charge on any atom is -0.295 e. The number of nitrogens with zero attached hydrogens (tertiary/aromatic N) is 1. The maximum atomic E-state index is 11.8. The van der Waals surface area contributed by atoms with Crippen molar-refractivity contribution >= 4 is 45.9 Å². The van der Waals surface area contributed by atoms with Gasteiger partial charge in [0, 0.05) is 15.4 Å². The second-order valence-corrected chi connectivity index (χ2v) is 5.80. The van der Waals surface area contributed by atoms with Crippen molar-refractivity contribution in [2.45, 2.75) is 16.7 Å². The Balaban J connectivity index is 2.22. The molecule has 3 rings (SSSR count). The largest absolute Gasteiger partial charge is 0.325 e. The zero-order chi connectivity index (χ0) is 14.3. The number of amides is 1. The van der Waals surface area contributed by atoms with Crippen molar-refractivity contribution < 1.29 is 9.59 Å². The van der Waals surface area contributed by atoms with Gasteiger partial charge in [-0.3, -0.25) is 14.5 Å². The van der Waals surface area contributed by atoms with Gasteiger partial charge in [-0.25, -0.2) is 0 Å².